The van der Waals surface area contributed by atoms with Crippen LogP contribution in [0, 0.1) is 5.92 Å². The second kappa shape index (κ2) is 11.8. The summed E-state index contributed by atoms with van der Waals surface area (Å²) in [6, 6.07) is 10.6. The van der Waals surface area contributed by atoms with E-state index in [1.54, 1.807) is 0 Å². The van der Waals surface area contributed by atoms with Crippen LogP contribution in [0.15, 0.2) is 41.3 Å². The summed E-state index contributed by atoms with van der Waals surface area (Å²) in [6.07, 6.45) is 8.39. The number of unbranched alkanes of at least 4 members (excludes halogenated alkanes) is 3. The normalized spacial score (nSPS) is 14.8. The van der Waals surface area contributed by atoms with Crippen LogP contribution >= 0.6 is 11.8 Å². The molecular weight excluding hydrogens is 288 g/mol. The average Bonchev–Trinajstić information content (AvgIpc) is 2.56. The largest absolute Gasteiger partial charge is 0.396 e. The molecule has 0 aliphatic heterocycles. The summed E-state index contributed by atoms with van der Waals surface area (Å²) in [7, 11) is 0. The second-order valence-electron chi connectivity index (χ2n) is 5.92. The first-order valence-corrected chi connectivity index (χ1v) is 9.67. The van der Waals surface area contributed by atoms with Crippen molar-refractivity contribution in [2.45, 2.75) is 58.8 Å². The molecule has 22 heavy (non-hydrogen) atoms. The van der Waals surface area contributed by atoms with Crippen LogP contribution in [-0.2, 0) is 0 Å². The minimum absolute atomic E-state index is 0.252. The summed E-state index contributed by atoms with van der Waals surface area (Å²) >= 11 is 2.01. The lowest BCUT2D eigenvalue weighted by molar-refractivity contribution is 0.265. The maximum absolute atomic E-state index is 9.45. The number of hydrogen-bond acceptors (Lipinski definition) is 2. The minimum atomic E-state index is 0.252. The number of thioether (sulfide) groups is 1. The molecule has 1 rings (SSSR count). The Bertz CT molecular complexity index is 413. The highest BCUT2D eigenvalue weighted by molar-refractivity contribution is 8.03. The van der Waals surface area contributed by atoms with Crippen LogP contribution in [0.2, 0.25) is 0 Å². The van der Waals surface area contributed by atoms with E-state index in [2.05, 4.69) is 57.2 Å². The summed E-state index contributed by atoms with van der Waals surface area (Å²) in [6.45, 7) is 6.96. The average molecular weight is 321 g/mol. The molecular formula is C20H32OS. The first-order chi connectivity index (χ1) is 10.7. The van der Waals surface area contributed by atoms with Gasteiger partial charge in [-0.15, -0.1) is 11.8 Å². The van der Waals surface area contributed by atoms with Crippen LogP contribution in [0.25, 0.3) is 0 Å². The maximum atomic E-state index is 9.45. The Morgan fingerprint density at radius 1 is 1.18 bits per heavy atom. The van der Waals surface area contributed by atoms with Gasteiger partial charge in [-0.05, 0) is 47.8 Å². The fourth-order valence-corrected chi connectivity index (χ4v) is 4.12. The van der Waals surface area contributed by atoms with Gasteiger partial charge < -0.3 is 5.11 Å². The molecule has 2 heteroatoms. The molecule has 1 aromatic carbocycles. The smallest absolute Gasteiger partial charge is 0.0437 e. The Kier molecular flexibility index (Phi) is 10.3. The fourth-order valence-electron chi connectivity index (χ4n) is 2.94. The first kappa shape index (κ1) is 19.3. The SMILES string of the molecule is C/C=C(/SCCCCCC)[C@@H](C)[C@H](CCO)c1ccccc1. The Morgan fingerprint density at radius 3 is 2.50 bits per heavy atom. The molecule has 0 amide bonds. The molecule has 0 saturated heterocycles. The van der Waals surface area contributed by atoms with Crippen molar-refractivity contribution in [1.29, 1.82) is 0 Å². The third-order valence-electron chi connectivity index (χ3n) is 4.27. The quantitative estimate of drug-likeness (QED) is 0.504. The van der Waals surface area contributed by atoms with Crippen molar-refractivity contribution in [1.82, 2.24) is 0 Å². The van der Waals surface area contributed by atoms with E-state index < -0.39 is 0 Å². The lowest BCUT2D eigenvalue weighted by Gasteiger charge is -2.26. The van der Waals surface area contributed by atoms with Crippen LogP contribution < -0.4 is 0 Å². The van der Waals surface area contributed by atoms with Crippen molar-refractivity contribution < 1.29 is 5.11 Å². The molecule has 0 unspecified atom stereocenters. The van der Waals surface area contributed by atoms with E-state index in [9.17, 15) is 5.11 Å². The predicted octanol–water partition coefficient (Wildman–Crippen LogP) is 6.01. The standard InChI is InChI=1S/C20H32OS/c1-4-6-7-11-16-22-20(5-2)17(3)19(14-15-21)18-12-9-8-10-13-18/h5,8-10,12-13,17,19,21H,4,6-7,11,14-16H2,1-3H3/b20-5+/t17-,19-/m0/s1. The van der Waals surface area contributed by atoms with Crippen molar-refractivity contribution >= 4 is 11.8 Å². The summed E-state index contributed by atoms with van der Waals surface area (Å²) in [5.74, 6) is 2.08. The lowest BCUT2D eigenvalue weighted by atomic mass is 9.84. The van der Waals surface area contributed by atoms with Crippen molar-refractivity contribution in [3.05, 3.63) is 46.9 Å². The molecule has 1 N–H and O–H groups in total. The van der Waals surface area contributed by atoms with Crippen LogP contribution in [0.3, 0.4) is 0 Å². The van der Waals surface area contributed by atoms with Gasteiger partial charge >= 0.3 is 0 Å². The highest BCUT2D eigenvalue weighted by Crippen LogP contribution is 2.37. The van der Waals surface area contributed by atoms with E-state index in [1.807, 2.05) is 11.8 Å². The Morgan fingerprint density at radius 2 is 1.91 bits per heavy atom. The molecule has 0 aliphatic rings. The van der Waals surface area contributed by atoms with E-state index in [0.29, 0.717) is 11.8 Å². The molecule has 0 bridgehead atoms. The van der Waals surface area contributed by atoms with Gasteiger partial charge in [-0.3, -0.25) is 0 Å². The third kappa shape index (κ3) is 6.58. The van der Waals surface area contributed by atoms with Gasteiger partial charge in [-0.25, -0.2) is 0 Å². The fraction of sp³-hybridized carbons (Fsp3) is 0.600. The summed E-state index contributed by atoms with van der Waals surface area (Å²) in [5, 5.41) is 9.45. The van der Waals surface area contributed by atoms with Gasteiger partial charge in [0.25, 0.3) is 0 Å². The van der Waals surface area contributed by atoms with Crippen LogP contribution in [0.1, 0.15) is 64.4 Å². The van der Waals surface area contributed by atoms with Gasteiger partial charge in [0.1, 0.15) is 0 Å². The van der Waals surface area contributed by atoms with Crippen molar-refractivity contribution in [3.63, 3.8) is 0 Å². The van der Waals surface area contributed by atoms with Gasteiger partial charge in [0.05, 0.1) is 0 Å². The molecule has 124 valence electrons. The molecule has 1 nitrogen and oxygen atoms in total. The molecule has 1 aromatic rings. The first-order valence-electron chi connectivity index (χ1n) is 8.69. The maximum Gasteiger partial charge on any atom is 0.0437 e. The minimum Gasteiger partial charge on any atom is -0.396 e. The molecule has 0 radical (unpaired) electrons. The highest BCUT2D eigenvalue weighted by atomic mass is 32.2. The molecule has 2 atom stereocenters. The zero-order chi connectivity index (χ0) is 16.2. The molecule has 0 saturated carbocycles. The number of allylic oxidation sites excluding steroid dienone is 2. The lowest BCUT2D eigenvalue weighted by Crippen LogP contribution is -2.13. The third-order valence-corrected chi connectivity index (χ3v) is 5.70. The van der Waals surface area contributed by atoms with Crippen LogP contribution in [0.5, 0.6) is 0 Å². The van der Waals surface area contributed by atoms with E-state index in [0.717, 1.165) is 6.42 Å². The predicted molar refractivity (Wildman–Crippen MR) is 100 cm³/mol. The van der Waals surface area contributed by atoms with E-state index in [4.69, 9.17) is 0 Å². The van der Waals surface area contributed by atoms with Crippen molar-refractivity contribution in [2.24, 2.45) is 5.92 Å². The topological polar surface area (TPSA) is 20.2 Å². The number of aliphatic hydroxyl groups excluding tert-OH is 1. The van der Waals surface area contributed by atoms with Crippen molar-refractivity contribution in [2.75, 3.05) is 12.4 Å². The monoisotopic (exact) mass is 320 g/mol. The van der Waals surface area contributed by atoms with E-state index >= 15 is 0 Å². The van der Waals surface area contributed by atoms with Gasteiger partial charge in [-0.2, -0.15) is 0 Å². The zero-order valence-electron chi connectivity index (χ0n) is 14.4. The number of aliphatic hydroxyl groups is 1. The Balaban J connectivity index is 2.64. The molecule has 0 spiro atoms. The number of hydrogen-bond donors (Lipinski definition) is 1. The van der Waals surface area contributed by atoms with Gasteiger partial charge in [0, 0.05) is 6.61 Å². The van der Waals surface area contributed by atoms with Gasteiger partial charge in [-0.1, -0.05) is 69.5 Å². The summed E-state index contributed by atoms with van der Waals surface area (Å²) < 4.78 is 0. The Labute approximate surface area is 141 Å². The summed E-state index contributed by atoms with van der Waals surface area (Å²) in [5.41, 5.74) is 1.34. The number of benzene rings is 1. The van der Waals surface area contributed by atoms with Gasteiger partial charge in [0.2, 0.25) is 0 Å². The number of rotatable bonds is 11. The highest BCUT2D eigenvalue weighted by Gasteiger charge is 2.22. The van der Waals surface area contributed by atoms with Crippen LogP contribution in [0.4, 0.5) is 0 Å². The van der Waals surface area contributed by atoms with E-state index in [-0.39, 0.29) is 6.61 Å². The van der Waals surface area contributed by atoms with Crippen molar-refractivity contribution in [3.8, 4) is 0 Å². The van der Waals surface area contributed by atoms with Crippen LogP contribution in [-0.4, -0.2) is 17.5 Å². The molecule has 0 aliphatic carbocycles. The zero-order valence-corrected chi connectivity index (χ0v) is 15.2. The molecule has 0 heterocycles. The summed E-state index contributed by atoms with van der Waals surface area (Å²) in [4.78, 5) is 1.47. The molecule has 0 fully saturated rings. The van der Waals surface area contributed by atoms with E-state index in [1.165, 1.54) is 41.9 Å². The van der Waals surface area contributed by atoms with Gasteiger partial charge in [0.15, 0.2) is 0 Å². The molecule has 0 aromatic heterocycles. The second-order valence-corrected chi connectivity index (χ2v) is 7.09. The Hall–Kier alpha value is -0.730.